The van der Waals surface area contributed by atoms with Crippen molar-refractivity contribution in [1.82, 2.24) is 5.48 Å². The van der Waals surface area contributed by atoms with Crippen molar-refractivity contribution < 1.29 is 23.2 Å². The van der Waals surface area contributed by atoms with E-state index < -0.39 is 21.4 Å². The lowest BCUT2D eigenvalue weighted by Crippen LogP contribution is -2.45. The molecule has 0 aromatic carbocycles. The average Bonchev–Trinajstić information content (AvgIpc) is 2.10. The molecule has 1 aliphatic heterocycles. The molecule has 15 heavy (non-hydrogen) atoms. The number of hydrogen-bond acceptors (Lipinski definition) is 5. The third-order valence-electron chi connectivity index (χ3n) is 2.53. The summed E-state index contributed by atoms with van der Waals surface area (Å²) < 4.78 is 22.4. The zero-order chi connectivity index (χ0) is 11.5. The van der Waals surface area contributed by atoms with E-state index in [-0.39, 0.29) is 30.8 Å². The SMILES string of the molecule is CNOC1(CC(=O)O)CCS(=O)(=O)CC1. The number of carbonyl (C=O) groups is 1. The van der Waals surface area contributed by atoms with E-state index in [1.807, 2.05) is 0 Å². The summed E-state index contributed by atoms with van der Waals surface area (Å²) in [6.45, 7) is 0. The molecule has 0 spiro atoms. The lowest BCUT2D eigenvalue weighted by atomic mass is 9.93. The van der Waals surface area contributed by atoms with Gasteiger partial charge in [-0.1, -0.05) is 0 Å². The van der Waals surface area contributed by atoms with E-state index in [0.717, 1.165) is 0 Å². The van der Waals surface area contributed by atoms with Crippen molar-refractivity contribution in [2.75, 3.05) is 18.6 Å². The van der Waals surface area contributed by atoms with Gasteiger partial charge in [0.25, 0.3) is 0 Å². The molecule has 0 unspecified atom stereocenters. The van der Waals surface area contributed by atoms with Gasteiger partial charge in [-0.3, -0.25) is 9.63 Å². The minimum Gasteiger partial charge on any atom is -0.481 e. The first-order valence-corrected chi connectivity index (χ1v) is 6.48. The largest absolute Gasteiger partial charge is 0.481 e. The van der Waals surface area contributed by atoms with Gasteiger partial charge in [0.1, 0.15) is 5.60 Å². The van der Waals surface area contributed by atoms with Crippen LogP contribution in [-0.4, -0.2) is 43.6 Å². The van der Waals surface area contributed by atoms with Crippen LogP contribution < -0.4 is 5.48 Å². The van der Waals surface area contributed by atoms with Crippen LogP contribution in [0.4, 0.5) is 0 Å². The maximum Gasteiger partial charge on any atom is 0.306 e. The molecule has 7 heteroatoms. The van der Waals surface area contributed by atoms with Crippen LogP contribution >= 0.6 is 0 Å². The molecule has 0 bridgehead atoms. The van der Waals surface area contributed by atoms with Crippen molar-refractivity contribution >= 4 is 15.8 Å². The van der Waals surface area contributed by atoms with Crippen molar-refractivity contribution in [2.45, 2.75) is 24.9 Å². The normalized spacial score (nSPS) is 23.5. The molecule has 0 aliphatic carbocycles. The second-order valence-corrected chi connectivity index (χ2v) is 6.02. The molecular formula is C8H15NO5S. The van der Waals surface area contributed by atoms with E-state index in [1.165, 1.54) is 7.05 Å². The molecule has 1 rings (SSSR count). The predicted molar refractivity (Wildman–Crippen MR) is 53.0 cm³/mol. The standard InChI is InChI=1S/C8H15NO5S/c1-9-14-8(6-7(10)11)2-4-15(12,13)5-3-8/h9H,2-6H2,1H3,(H,10,11). The summed E-state index contributed by atoms with van der Waals surface area (Å²) in [6.07, 6.45) is 0.272. The van der Waals surface area contributed by atoms with Crippen molar-refractivity contribution in [3.63, 3.8) is 0 Å². The Kier molecular flexibility index (Phi) is 3.69. The summed E-state index contributed by atoms with van der Waals surface area (Å²) in [5, 5.41) is 8.73. The van der Waals surface area contributed by atoms with Crippen LogP contribution in [0.15, 0.2) is 0 Å². The molecule has 0 aromatic heterocycles. The Morgan fingerprint density at radius 2 is 2.00 bits per heavy atom. The number of carboxylic acid groups (broad SMARTS) is 1. The minimum atomic E-state index is -3.01. The molecule has 0 saturated carbocycles. The summed E-state index contributed by atoms with van der Waals surface area (Å²) in [4.78, 5) is 15.8. The average molecular weight is 237 g/mol. The van der Waals surface area contributed by atoms with Gasteiger partial charge < -0.3 is 5.11 Å². The monoisotopic (exact) mass is 237 g/mol. The van der Waals surface area contributed by atoms with Crippen LogP contribution in [0, 0.1) is 0 Å². The molecule has 0 amide bonds. The molecule has 1 saturated heterocycles. The predicted octanol–water partition coefficient (Wildman–Crippen LogP) is -0.440. The Morgan fingerprint density at radius 1 is 1.47 bits per heavy atom. The summed E-state index contributed by atoms with van der Waals surface area (Å²) in [6, 6.07) is 0. The van der Waals surface area contributed by atoms with Crippen LogP contribution in [0.25, 0.3) is 0 Å². The third kappa shape index (κ3) is 3.44. The van der Waals surface area contributed by atoms with Gasteiger partial charge in [-0.15, -0.1) is 0 Å². The fourth-order valence-electron chi connectivity index (χ4n) is 1.72. The minimum absolute atomic E-state index is 0.0119. The maximum atomic E-state index is 11.2. The van der Waals surface area contributed by atoms with Crippen LogP contribution in [0.2, 0.25) is 0 Å². The molecule has 88 valence electrons. The van der Waals surface area contributed by atoms with E-state index in [4.69, 9.17) is 9.94 Å². The van der Waals surface area contributed by atoms with Gasteiger partial charge in [0, 0.05) is 7.05 Å². The molecule has 1 aliphatic rings. The summed E-state index contributed by atoms with van der Waals surface area (Å²) >= 11 is 0. The topological polar surface area (TPSA) is 92.7 Å². The summed E-state index contributed by atoms with van der Waals surface area (Å²) in [5.41, 5.74) is 1.57. The fourth-order valence-corrected chi connectivity index (χ4v) is 3.29. The van der Waals surface area contributed by atoms with E-state index in [1.54, 1.807) is 0 Å². The quantitative estimate of drug-likeness (QED) is 0.644. The van der Waals surface area contributed by atoms with Crippen LogP contribution in [0.3, 0.4) is 0 Å². The Hall–Kier alpha value is -0.660. The Morgan fingerprint density at radius 3 is 2.40 bits per heavy atom. The molecule has 2 N–H and O–H groups in total. The zero-order valence-electron chi connectivity index (χ0n) is 8.52. The highest BCUT2D eigenvalue weighted by atomic mass is 32.2. The number of carboxylic acids is 1. The van der Waals surface area contributed by atoms with Crippen LogP contribution in [-0.2, 0) is 19.5 Å². The lowest BCUT2D eigenvalue weighted by Gasteiger charge is -2.34. The fraction of sp³-hybridized carbons (Fsp3) is 0.875. The first-order valence-electron chi connectivity index (χ1n) is 4.66. The van der Waals surface area contributed by atoms with Crippen molar-refractivity contribution in [3.8, 4) is 0 Å². The first-order chi connectivity index (χ1) is 6.89. The van der Waals surface area contributed by atoms with Gasteiger partial charge >= 0.3 is 5.97 Å². The van der Waals surface area contributed by atoms with E-state index in [9.17, 15) is 13.2 Å². The Balaban J connectivity index is 2.72. The molecule has 0 radical (unpaired) electrons. The molecular weight excluding hydrogens is 222 g/mol. The van der Waals surface area contributed by atoms with Gasteiger partial charge in [0.15, 0.2) is 9.84 Å². The number of hydrogen-bond donors (Lipinski definition) is 2. The number of sulfone groups is 1. The second-order valence-electron chi connectivity index (χ2n) is 3.71. The molecule has 1 fully saturated rings. The van der Waals surface area contributed by atoms with Crippen LogP contribution in [0.5, 0.6) is 0 Å². The number of aliphatic carboxylic acids is 1. The maximum absolute atomic E-state index is 11.2. The first kappa shape index (κ1) is 12.4. The Bertz CT molecular complexity index is 323. The molecule has 0 aromatic rings. The highest BCUT2D eigenvalue weighted by Crippen LogP contribution is 2.30. The third-order valence-corrected chi connectivity index (χ3v) is 4.18. The molecule has 6 nitrogen and oxygen atoms in total. The van der Waals surface area contributed by atoms with Gasteiger partial charge in [-0.05, 0) is 12.8 Å². The van der Waals surface area contributed by atoms with Gasteiger partial charge in [0.2, 0.25) is 0 Å². The van der Waals surface area contributed by atoms with E-state index in [2.05, 4.69) is 5.48 Å². The van der Waals surface area contributed by atoms with Gasteiger partial charge in [-0.25, -0.2) is 13.9 Å². The zero-order valence-corrected chi connectivity index (χ0v) is 9.34. The van der Waals surface area contributed by atoms with Gasteiger partial charge in [-0.2, -0.15) is 0 Å². The molecule has 1 heterocycles. The highest BCUT2D eigenvalue weighted by Gasteiger charge is 2.40. The number of nitrogens with one attached hydrogen (secondary N) is 1. The van der Waals surface area contributed by atoms with Crippen molar-refractivity contribution in [2.24, 2.45) is 0 Å². The highest BCUT2D eigenvalue weighted by molar-refractivity contribution is 7.91. The van der Waals surface area contributed by atoms with E-state index >= 15 is 0 Å². The van der Waals surface area contributed by atoms with E-state index in [0.29, 0.717) is 0 Å². The number of hydroxylamine groups is 1. The van der Waals surface area contributed by atoms with Crippen molar-refractivity contribution in [1.29, 1.82) is 0 Å². The second kappa shape index (κ2) is 4.46. The smallest absolute Gasteiger partial charge is 0.306 e. The lowest BCUT2D eigenvalue weighted by molar-refractivity contribution is -0.153. The Labute approximate surface area is 88.5 Å². The van der Waals surface area contributed by atoms with Crippen molar-refractivity contribution in [3.05, 3.63) is 0 Å². The summed E-state index contributed by atoms with van der Waals surface area (Å²) in [7, 11) is -1.47. The number of rotatable bonds is 4. The van der Waals surface area contributed by atoms with Gasteiger partial charge in [0.05, 0.1) is 17.9 Å². The van der Waals surface area contributed by atoms with Crippen LogP contribution in [0.1, 0.15) is 19.3 Å². The summed E-state index contributed by atoms with van der Waals surface area (Å²) in [5.74, 6) is -1.01. The molecule has 0 atom stereocenters.